The van der Waals surface area contributed by atoms with E-state index in [1.54, 1.807) is 18.3 Å². The molecule has 1 N–H and O–H groups in total. The zero-order valence-electron chi connectivity index (χ0n) is 18.0. The van der Waals surface area contributed by atoms with Gasteiger partial charge in [0.25, 0.3) is 0 Å². The summed E-state index contributed by atoms with van der Waals surface area (Å²) in [5, 5.41) is 10.5. The number of nitrogens with one attached hydrogen (secondary N) is 1. The molecule has 0 saturated carbocycles. The summed E-state index contributed by atoms with van der Waals surface area (Å²) < 4.78 is 6.07. The van der Waals surface area contributed by atoms with Gasteiger partial charge in [0.05, 0.1) is 6.61 Å². The third kappa shape index (κ3) is 5.94. The van der Waals surface area contributed by atoms with E-state index in [9.17, 15) is 4.79 Å². The van der Waals surface area contributed by atoms with Crippen LogP contribution in [0.3, 0.4) is 0 Å². The Morgan fingerprint density at radius 3 is 3.00 bits per heavy atom. The largest absolute Gasteiger partial charge is 0.493 e. The predicted molar refractivity (Wildman–Crippen MR) is 123 cm³/mol. The maximum Gasteiger partial charge on any atom is 0.323 e. The predicted octanol–water partition coefficient (Wildman–Crippen LogP) is 5.17. The van der Waals surface area contributed by atoms with Gasteiger partial charge in [0.2, 0.25) is 0 Å². The molecule has 162 valence electrons. The molecule has 1 aromatic carbocycles. The number of carbonyl (C=O) groups is 1. The van der Waals surface area contributed by atoms with Crippen molar-refractivity contribution >= 4 is 17.9 Å². The Balaban J connectivity index is 1.33. The maximum absolute atomic E-state index is 12.5. The number of urea groups is 1. The monoisotopic (exact) mass is 418 g/mol. The van der Waals surface area contributed by atoms with E-state index in [2.05, 4.69) is 58.9 Å². The molecular formula is C25H30N4O2. The second-order valence-corrected chi connectivity index (χ2v) is 8.39. The van der Waals surface area contributed by atoms with Gasteiger partial charge in [-0.15, -0.1) is 5.10 Å². The topological polar surface area (TPSA) is 67.4 Å². The normalized spacial score (nSPS) is 22.4. The fourth-order valence-electron chi connectivity index (χ4n) is 4.14. The molecule has 1 aliphatic heterocycles. The Kier molecular flexibility index (Phi) is 6.97. The van der Waals surface area contributed by atoms with Gasteiger partial charge in [0.15, 0.2) is 5.82 Å². The number of hydrogen-bond acceptors (Lipinski definition) is 4. The zero-order chi connectivity index (χ0) is 21.5. The number of anilines is 1. The summed E-state index contributed by atoms with van der Waals surface area (Å²) in [5.41, 5.74) is 2.51. The fraction of sp³-hybridized carbons (Fsp3) is 0.400. The third-order valence-electron chi connectivity index (χ3n) is 5.97. The van der Waals surface area contributed by atoms with Crippen LogP contribution < -0.4 is 10.1 Å². The van der Waals surface area contributed by atoms with Gasteiger partial charge in [-0.05, 0) is 67.3 Å². The van der Waals surface area contributed by atoms with Crippen LogP contribution in [0.1, 0.15) is 38.2 Å². The number of nitrogens with zero attached hydrogens (tertiary/aromatic N) is 3. The second kappa shape index (κ2) is 10.2. The first-order chi connectivity index (χ1) is 15.2. The molecule has 0 radical (unpaired) electrons. The molecule has 2 aromatic rings. The van der Waals surface area contributed by atoms with Crippen molar-refractivity contribution in [3.05, 3.63) is 65.9 Å². The van der Waals surface area contributed by atoms with Crippen LogP contribution >= 0.6 is 0 Å². The highest BCUT2D eigenvalue weighted by atomic mass is 16.5. The Labute approximate surface area is 184 Å². The van der Waals surface area contributed by atoms with Gasteiger partial charge in [0, 0.05) is 19.3 Å². The van der Waals surface area contributed by atoms with Crippen LogP contribution in [0.15, 0.2) is 60.3 Å². The number of ether oxygens (including phenoxy) is 1. The second-order valence-electron chi connectivity index (χ2n) is 8.39. The van der Waals surface area contributed by atoms with E-state index in [1.807, 2.05) is 11.0 Å². The van der Waals surface area contributed by atoms with Crippen LogP contribution in [0, 0.1) is 11.8 Å². The lowest BCUT2D eigenvalue weighted by Crippen LogP contribution is -2.42. The summed E-state index contributed by atoms with van der Waals surface area (Å²) in [7, 11) is 0. The van der Waals surface area contributed by atoms with Crippen molar-refractivity contribution in [3.8, 4) is 5.75 Å². The van der Waals surface area contributed by atoms with Gasteiger partial charge >= 0.3 is 6.03 Å². The first-order valence-electron chi connectivity index (χ1n) is 11.1. The molecule has 1 saturated heterocycles. The number of piperidine rings is 1. The molecule has 6 nitrogen and oxygen atoms in total. The molecule has 0 spiro atoms. The Morgan fingerprint density at radius 1 is 1.29 bits per heavy atom. The number of amides is 2. The minimum atomic E-state index is -0.126. The van der Waals surface area contributed by atoms with Gasteiger partial charge in [-0.2, -0.15) is 5.10 Å². The molecule has 31 heavy (non-hydrogen) atoms. The summed E-state index contributed by atoms with van der Waals surface area (Å²) >= 11 is 0. The number of benzene rings is 1. The van der Waals surface area contributed by atoms with Crippen molar-refractivity contribution in [1.82, 2.24) is 15.1 Å². The highest BCUT2D eigenvalue weighted by Gasteiger charge is 2.24. The maximum atomic E-state index is 12.5. The summed E-state index contributed by atoms with van der Waals surface area (Å²) in [6.45, 7) is 4.32. The summed E-state index contributed by atoms with van der Waals surface area (Å²) in [4.78, 5) is 14.4. The van der Waals surface area contributed by atoms with Crippen LogP contribution in [0.4, 0.5) is 10.6 Å². The fourth-order valence-corrected chi connectivity index (χ4v) is 4.14. The van der Waals surface area contributed by atoms with Crippen LogP contribution in [-0.2, 0) is 0 Å². The summed E-state index contributed by atoms with van der Waals surface area (Å²) in [5.74, 6) is 2.31. The lowest BCUT2D eigenvalue weighted by atomic mass is 9.91. The quantitative estimate of drug-likeness (QED) is 0.680. The lowest BCUT2D eigenvalue weighted by molar-refractivity contribution is 0.197. The Hall–Kier alpha value is -3.15. The Bertz CT molecular complexity index is 942. The first-order valence-corrected chi connectivity index (χ1v) is 11.1. The van der Waals surface area contributed by atoms with Crippen molar-refractivity contribution in [1.29, 1.82) is 0 Å². The summed E-state index contributed by atoms with van der Waals surface area (Å²) in [6.07, 6.45) is 12.7. The zero-order valence-corrected chi connectivity index (χ0v) is 18.0. The lowest BCUT2D eigenvalue weighted by Gasteiger charge is -2.33. The molecule has 2 aliphatic rings. The van der Waals surface area contributed by atoms with E-state index in [0.717, 1.165) is 37.2 Å². The van der Waals surface area contributed by atoms with Crippen molar-refractivity contribution in [2.24, 2.45) is 11.8 Å². The molecule has 2 unspecified atom stereocenters. The van der Waals surface area contributed by atoms with Crippen LogP contribution in [0.2, 0.25) is 0 Å². The standard InChI is InChI=1S/C25H30N4O2/c1-19-17-29(25(30)27-24-11-6-13-26-28-24)14-12-22(19)15-21-9-5-10-23(16-21)31-18-20-7-3-2-4-8-20/h2-3,5-6,9-11,13,15-16,19-20H,4,7-8,12,14,17-18H2,1H3,(H,27,28,30)/b22-15+. The number of hydrogen-bond donors (Lipinski definition) is 1. The molecule has 6 heteroatoms. The number of aromatic nitrogens is 2. The molecule has 2 atom stereocenters. The molecule has 2 amide bonds. The van der Waals surface area contributed by atoms with E-state index in [0.29, 0.717) is 30.7 Å². The Morgan fingerprint density at radius 2 is 2.23 bits per heavy atom. The number of carbonyl (C=O) groups excluding carboxylic acids is 1. The minimum absolute atomic E-state index is 0.126. The first kappa shape index (κ1) is 21.1. The highest BCUT2D eigenvalue weighted by molar-refractivity contribution is 5.88. The van der Waals surface area contributed by atoms with E-state index in [4.69, 9.17) is 4.74 Å². The van der Waals surface area contributed by atoms with E-state index < -0.39 is 0 Å². The number of allylic oxidation sites excluding steroid dienone is 2. The van der Waals surface area contributed by atoms with Gasteiger partial charge in [-0.25, -0.2) is 4.79 Å². The molecule has 2 heterocycles. The van der Waals surface area contributed by atoms with Gasteiger partial charge in [-0.1, -0.05) is 42.9 Å². The average Bonchev–Trinajstić information content (AvgIpc) is 2.81. The SMILES string of the molecule is CC1CN(C(=O)Nc2cccnn2)CC/C1=C\c1cccc(OCC2CC=CCC2)c1. The molecule has 0 bridgehead atoms. The van der Waals surface area contributed by atoms with E-state index in [-0.39, 0.29) is 6.03 Å². The van der Waals surface area contributed by atoms with E-state index >= 15 is 0 Å². The van der Waals surface area contributed by atoms with E-state index in [1.165, 1.54) is 12.0 Å². The average molecular weight is 419 g/mol. The minimum Gasteiger partial charge on any atom is -0.493 e. The molecule has 1 aromatic heterocycles. The van der Waals surface area contributed by atoms with Gasteiger partial charge in [0.1, 0.15) is 5.75 Å². The van der Waals surface area contributed by atoms with Crippen LogP contribution in [-0.4, -0.2) is 40.8 Å². The molecule has 4 rings (SSSR count). The van der Waals surface area contributed by atoms with Crippen LogP contribution in [0.5, 0.6) is 5.75 Å². The molecule has 1 aliphatic carbocycles. The summed E-state index contributed by atoms with van der Waals surface area (Å²) in [6, 6.07) is 11.7. The van der Waals surface area contributed by atoms with Crippen molar-refractivity contribution in [3.63, 3.8) is 0 Å². The highest BCUT2D eigenvalue weighted by Crippen LogP contribution is 2.27. The number of likely N-dealkylation sites (tertiary alicyclic amines) is 1. The van der Waals surface area contributed by atoms with Crippen molar-refractivity contribution < 1.29 is 9.53 Å². The van der Waals surface area contributed by atoms with Crippen molar-refractivity contribution in [2.75, 3.05) is 25.0 Å². The van der Waals surface area contributed by atoms with Crippen LogP contribution in [0.25, 0.3) is 6.08 Å². The van der Waals surface area contributed by atoms with Crippen molar-refractivity contribution in [2.45, 2.75) is 32.6 Å². The smallest absolute Gasteiger partial charge is 0.323 e. The third-order valence-corrected chi connectivity index (χ3v) is 5.97. The van der Waals surface area contributed by atoms with Gasteiger partial charge in [-0.3, -0.25) is 5.32 Å². The number of rotatable bonds is 5. The molecule has 1 fully saturated rings. The molecular weight excluding hydrogens is 388 g/mol. The van der Waals surface area contributed by atoms with Gasteiger partial charge < -0.3 is 9.64 Å².